The van der Waals surface area contributed by atoms with Crippen LogP contribution in [0.25, 0.3) is 0 Å². The van der Waals surface area contributed by atoms with Crippen LogP contribution in [-0.4, -0.2) is 37.8 Å². The molecule has 0 amide bonds. The Morgan fingerprint density at radius 1 is 0.846 bits per heavy atom. The number of unbranched alkanes of at least 4 members (excludes halogenated alkanes) is 12. The Kier molecular flexibility index (Phi) is 19.3. The van der Waals surface area contributed by atoms with Crippen LogP contribution in [0.5, 0.6) is 0 Å². The Labute approximate surface area is 173 Å². The molecule has 0 aromatic heterocycles. The van der Waals surface area contributed by atoms with Gasteiger partial charge in [0.2, 0.25) is 6.23 Å². The SMILES string of the molecule is C=CC(=O)OC(CCCCCCCCCCCCCCC)[N+](C)(C)C.[Br-]. The monoisotopic (exact) mass is 433 g/mol. The minimum Gasteiger partial charge on any atom is -1.00 e. The second kappa shape index (κ2) is 18.0. The number of rotatable bonds is 17. The van der Waals surface area contributed by atoms with Gasteiger partial charge >= 0.3 is 5.97 Å². The predicted molar refractivity (Wildman–Crippen MR) is 108 cm³/mol. The Bertz CT molecular complexity index is 340. The maximum atomic E-state index is 11.5. The fraction of sp³-hybridized carbons (Fsp3) is 0.864. The van der Waals surface area contributed by atoms with Crippen LogP contribution in [0.15, 0.2) is 12.7 Å². The predicted octanol–water partition coefficient (Wildman–Crippen LogP) is 3.23. The lowest BCUT2D eigenvalue weighted by Gasteiger charge is -2.32. The van der Waals surface area contributed by atoms with Gasteiger partial charge in [0.05, 0.1) is 21.1 Å². The van der Waals surface area contributed by atoms with Gasteiger partial charge in [0.15, 0.2) is 0 Å². The third-order valence-corrected chi connectivity index (χ3v) is 4.84. The van der Waals surface area contributed by atoms with E-state index >= 15 is 0 Å². The molecule has 0 saturated carbocycles. The molecule has 0 N–H and O–H groups in total. The number of carbonyl (C=O) groups is 1. The van der Waals surface area contributed by atoms with Crippen molar-refractivity contribution in [2.75, 3.05) is 21.1 Å². The van der Waals surface area contributed by atoms with Gasteiger partial charge < -0.3 is 21.7 Å². The summed E-state index contributed by atoms with van der Waals surface area (Å²) in [5.74, 6) is -0.312. The Balaban J connectivity index is 0. The normalized spacial score (nSPS) is 12.3. The summed E-state index contributed by atoms with van der Waals surface area (Å²) in [6.45, 7) is 5.76. The van der Waals surface area contributed by atoms with Gasteiger partial charge in [-0.05, 0) is 6.42 Å². The number of hydrogen-bond donors (Lipinski definition) is 0. The number of hydrogen-bond acceptors (Lipinski definition) is 2. The Morgan fingerprint density at radius 3 is 1.58 bits per heavy atom. The Morgan fingerprint density at radius 2 is 1.23 bits per heavy atom. The Hall–Kier alpha value is -0.350. The molecule has 0 bridgehead atoms. The molecule has 0 rings (SSSR count). The van der Waals surface area contributed by atoms with Crippen molar-refractivity contribution in [2.45, 2.75) is 103 Å². The maximum absolute atomic E-state index is 11.5. The van der Waals surface area contributed by atoms with Crippen LogP contribution in [0.2, 0.25) is 0 Å². The van der Waals surface area contributed by atoms with Crippen molar-refractivity contribution in [1.29, 1.82) is 0 Å². The van der Waals surface area contributed by atoms with Crippen LogP contribution in [0, 0.1) is 0 Å². The van der Waals surface area contributed by atoms with E-state index in [0.717, 1.165) is 12.8 Å². The third-order valence-electron chi connectivity index (χ3n) is 4.84. The van der Waals surface area contributed by atoms with Crippen LogP contribution >= 0.6 is 0 Å². The van der Waals surface area contributed by atoms with Crippen LogP contribution < -0.4 is 17.0 Å². The van der Waals surface area contributed by atoms with Crippen LogP contribution in [0.3, 0.4) is 0 Å². The number of esters is 1. The second-order valence-electron chi connectivity index (χ2n) is 8.24. The third kappa shape index (κ3) is 17.1. The van der Waals surface area contributed by atoms with E-state index < -0.39 is 0 Å². The highest BCUT2D eigenvalue weighted by atomic mass is 79.9. The van der Waals surface area contributed by atoms with E-state index in [2.05, 4.69) is 34.6 Å². The quantitative estimate of drug-likeness (QED) is 0.116. The van der Waals surface area contributed by atoms with Gasteiger partial charge in [0.1, 0.15) is 0 Å². The van der Waals surface area contributed by atoms with Gasteiger partial charge in [-0.25, -0.2) is 4.79 Å². The van der Waals surface area contributed by atoms with Crippen molar-refractivity contribution in [1.82, 2.24) is 0 Å². The van der Waals surface area contributed by atoms with Gasteiger partial charge in [-0.15, -0.1) is 0 Å². The minimum atomic E-state index is -0.312. The molecule has 3 nitrogen and oxygen atoms in total. The summed E-state index contributed by atoms with van der Waals surface area (Å²) in [4.78, 5) is 11.5. The van der Waals surface area contributed by atoms with E-state index in [0.29, 0.717) is 4.48 Å². The molecule has 26 heavy (non-hydrogen) atoms. The number of carbonyl (C=O) groups excluding carboxylic acids is 1. The zero-order valence-corrected chi connectivity index (χ0v) is 19.5. The lowest BCUT2D eigenvalue weighted by molar-refractivity contribution is -0.917. The molecule has 0 fully saturated rings. The summed E-state index contributed by atoms with van der Waals surface area (Å²) in [6.07, 6.45) is 19.7. The first kappa shape index (κ1) is 27.9. The van der Waals surface area contributed by atoms with Crippen molar-refractivity contribution < 1.29 is 31.0 Å². The van der Waals surface area contributed by atoms with Crippen molar-refractivity contribution in [3.63, 3.8) is 0 Å². The highest BCUT2D eigenvalue weighted by Gasteiger charge is 2.26. The number of nitrogens with zero attached hydrogens (tertiary/aromatic N) is 1. The largest absolute Gasteiger partial charge is 1.00 e. The molecule has 0 saturated heterocycles. The molecule has 0 aliphatic heterocycles. The molecule has 0 aliphatic carbocycles. The van der Waals surface area contributed by atoms with Gasteiger partial charge in [0, 0.05) is 12.5 Å². The number of halogens is 1. The molecular weight excluding hydrogens is 390 g/mol. The zero-order valence-electron chi connectivity index (χ0n) is 17.9. The van der Waals surface area contributed by atoms with Gasteiger partial charge in [-0.3, -0.25) is 4.48 Å². The zero-order chi connectivity index (χ0) is 19.0. The molecule has 0 aliphatic rings. The molecule has 0 radical (unpaired) electrons. The van der Waals surface area contributed by atoms with Gasteiger partial charge in [-0.1, -0.05) is 90.6 Å². The standard InChI is InChI=1S/C22H44NO2.BrH/c1-6-8-9-10-11-12-13-14-15-16-17-18-19-20-21(23(3,4)5)25-22(24)7-2;/h7,21H,2,6,8-20H2,1,3-5H3;1H/q+1;/p-1. The minimum absolute atomic E-state index is 0. The number of ether oxygens (including phenoxy) is 1. The topological polar surface area (TPSA) is 26.3 Å². The molecule has 0 heterocycles. The van der Waals surface area contributed by atoms with Crippen molar-refractivity contribution in [3.05, 3.63) is 12.7 Å². The lowest BCUT2D eigenvalue weighted by atomic mass is 10.0. The first-order chi connectivity index (χ1) is 11.9. The fourth-order valence-electron chi connectivity index (χ4n) is 3.12. The van der Waals surface area contributed by atoms with E-state index in [-0.39, 0.29) is 29.2 Å². The van der Waals surface area contributed by atoms with Gasteiger partial charge in [0.25, 0.3) is 0 Å². The second-order valence-corrected chi connectivity index (χ2v) is 8.24. The van der Waals surface area contributed by atoms with Crippen LogP contribution in [0.4, 0.5) is 0 Å². The number of quaternary nitrogens is 1. The van der Waals surface area contributed by atoms with E-state index in [1.807, 2.05) is 0 Å². The highest BCUT2D eigenvalue weighted by molar-refractivity contribution is 5.81. The summed E-state index contributed by atoms with van der Waals surface area (Å²) < 4.78 is 6.14. The molecule has 156 valence electrons. The first-order valence-electron chi connectivity index (χ1n) is 10.6. The van der Waals surface area contributed by atoms with E-state index in [4.69, 9.17) is 4.74 Å². The van der Waals surface area contributed by atoms with E-state index in [9.17, 15) is 4.79 Å². The average molecular weight is 435 g/mol. The van der Waals surface area contributed by atoms with Crippen molar-refractivity contribution >= 4 is 5.97 Å². The molecule has 4 heteroatoms. The van der Waals surface area contributed by atoms with Crippen molar-refractivity contribution in [2.24, 2.45) is 0 Å². The summed E-state index contributed by atoms with van der Waals surface area (Å²) in [7, 11) is 6.22. The van der Waals surface area contributed by atoms with E-state index in [1.54, 1.807) is 0 Å². The molecule has 0 spiro atoms. The first-order valence-corrected chi connectivity index (χ1v) is 10.6. The summed E-state index contributed by atoms with van der Waals surface area (Å²) >= 11 is 0. The fourth-order valence-corrected chi connectivity index (χ4v) is 3.12. The highest BCUT2D eigenvalue weighted by Crippen LogP contribution is 2.17. The molecule has 0 aromatic carbocycles. The summed E-state index contributed by atoms with van der Waals surface area (Å²) in [5.41, 5.74) is 0. The molecular formula is C22H44BrNO2. The van der Waals surface area contributed by atoms with Gasteiger partial charge in [-0.2, -0.15) is 0 Å². The average Bonchev–Trinajstić information content (AvgIpc) is 2.56. The molecule has 1 unspecified atom stereocenters. The molecule has 1 atom stereocenters. The van der Waals surface area contributed by atoms with Crippen molar-refractivity contribution in [3.8, 4) is 0 Å². The maximum Gasteiger partial charge on any atom is 0.334 e. The lowest BCUT2D eigenvalue weighted by Crippen LogP contribution is -3.00. The van der Waals surface area contributed by atoms with Crippen LogP contribution in [-0.2, 0) is 9.53 Å². The van der Waals surface area contributed by atoms with Crippen LogP contribution in [0.1, 0.15) is 96.8 Å². The summed E-state index contributed by atoms with van der Waals surface area (Å²) in [5, 5.41) is 0. The summed E-state index contributed by atoms with van der Waals surface area (Å²) in [6, 6.07) is 0. The van der Waals surface area contributed by atoms with E-state index in [1.165, 1.54) is 83.1 Å². The molecule has 0 aromatic rings. The smallest absolute Gasteiger partial charge is 0.334 e.